The third-order valence-electron chi connectivity index (χ3n) is 5.37. The van der Waals surface area contributed by atoms with Gasteiger partial charge in [0.05, 0.1) is 5.69 Å². The van der Waals surface area contributed by atoms with E-state index in [1.54, 1.807) is 6.20 Å². The van der Waals surface area contributed by atoms with E-state index in [1.165, 1.54) is 5.56 Å². The minimum Gasteiger partial charge on any atom is -0.368 e. The van der Waals surface area contributed by atoms with Crippen LogP contribution in [0, 0.1) is 5.92 Å². The second-order valence-corrected chi connectivity index (χ2v) is 7.30. The number of piperidine rings is 1. The Bertz CT molecular complexity index is 932. The second-order valence-electron chi connectivity index (χ2n) is 7.30. The first-order valence-electron chi connectivity index (χ1n) is 9.71. The molecule has 0 bridgehead atoms. The molecule has 0 saturated carbocycles. The van der Waals surface area contributed by atoms with Gasteiger partial charge in [-0.3, -0.25) is 4.79 Å². The predicted molar refractivity (Wildman–Crippen MR) is 111 cm³/mol. The molecule has 1 aliphatic heterocycles. The molecular weight excluding hydrogens is 348 g/mol. The molecular formula is C23H24N4O. The highest BCUT2D eigenvalue weighted by Crippen LogP contribution is 2.24. The van der Waals surface area contributed by atoms with Crippen LogP contribution in [0.5, 0.6) is 0 Å². The van der Waals surface area contributed by atoms with Gasteiger partial charge in [-0.1, -0.05) is 42.5 Å². The highest BCUT2D eigenvalue weighted by molar-refractivity contribution is 5.94. The fraction of sp³-hybridized carbons (Fsp3) is 0.261. The molecule has 2 heterocycles. The van der Waals surface area contributed by atoms with Crippen LogP contribution in [0.1, 0.15) is 28.8 Å². The maximum atomic E-state index is 12.8. The van der Waals surface area contributed by atoms with Gasteiger partial charge >= 0.3 is 0 Å². The van der Waals surface area contributed by atoms with Crippen LogP contribution in [0.15, 0.2) is 66.9 Å². The molecule has 3 aromatic rings. The zero-order chi connectivity index (χ0) is 19.3. The molecule has 28 heavy (non-hydrogen) atoms. The molecule has 0 unspecified atom stereocenters. The fourth-order valence-electron chi connectivity index (χ4n) is 3.79. The van der Waals surface area contributed by atoms with Crippen molar-refractivity contribution in [1.82, 2.24) is 14.9 Å². The molecule has 5 heteroatoms. The van der Waals surface area contributed by atoms with Gasteiger partial charge in [-0.25, -0.2) is 9.97 Å². The minimum absolute atomic E-state index is 0.104. The largest absolute Gasteiger partial charge is 0.368 e. The third-order valence-corrected chi connectivity index (χ3v) is 5.37. The molecule has 1 aliphatic rings. The lowest BCUT2D eigenvalue weighted by Crippen LogP contribution is -2.38. The number of amides is 1. The Balaban J connectivity index is 1.36. The number of carbonyl (C=O) groups is 1. The number of rotatable bonds is 4. The zero-order valence-electron chi connectivity index (χ0n) is 15.8. The van der Waals surface area contributed by atoms with Gasteiger partial charge in [-0.05, 0) is 48.9 Å². The van der Waals surface area contributed by atoms with Crippen LogP contribution < -0.4 is 5.73 Å². The van der Waals surface area contributed by atoms with Gasteiger partial charge in [0.2, 0.25) is 5.95 Å². The molecule has 2 N–H and O–H groups in total. The molecule has 2 aromatic carbocycles. The number of aromatic nitrogens is 2. The van der Waals surface area contributed by atoms with Crippen molar-refractivity contribution in [3.8, 4) is 11.3 Å². The average Bonchev–Trinajstić information content (AvgIpc) is 2.75. The Hall–Kier alpha value is -3.21. The van der Waals surface area contributed by atoms with Crippen LogP contribution in [-0.4, -0.2) is 33.9 Å². The summed E-state index contributed by atoms with van der Waals surface area (Å²) in [7, 11) is 0. The van der Waals surface area contributed by atoms with Crippen LogP contribution >= 0.6 is 0 Å². The fourth-order valence-corrected chi connectivity index (χ4v) is 3.79. The lowest BCUT2D eigenvalue weighted by molar-refractivity contribution is 0.0690. The summed E-state index contributed by atoms with van der Waals surface area (Å²) in [5, 5.41) is 0. The number of likely N-dealkylation sites (tertiary alicyclic amines) is 1. The van der Waals surface area contributed by atoms with Crippen molar-refractivity contribution in [3.63, 3.8) is 0 Å². The molecule has 0 radical (unpaired) electrons. The number of nitrogen functional groups attached to an aromatic ring is 1. The summed E-state index contributed by atoms with van der Waals surface area (Å²) in [4.78, 5) is 23.0. The first-order chi connectivity index (χ1) is 13.7. The van der Waals surface area contributed by atoms with Crippen LogP contribution in [0.3, 0.4) is 0 Å². The van der Waals surface area contributed by atoms with Gasteiger partial charge in [0, 0.05) is 30.4 Å². The average molecular weight is 372 g/mol. The Kier molecular flexibility index (Phi) is 5.33. The quantitative estimate of drug-likeness (QED) is 0.756. The van der Waals surface area contributed by atoms with Gasteiger partial charge < -0.3 is 10.6 Å². The van der Waals surface area contributed by atoms with Crippen molar-refractivity contribution in [2.24, 2.45) is 5.92 Å². The maximum Gasteiger partial charge on any atom is 0.253 e. The number of anilines is 1. The maximum absolute atomic E-state index is 12.8. The molecule has 4 rings (SSSR count). The van der Waals surface area contributed by atoms with E-state index in [1.807, 2.05) is 35.2 Å². The Labute approximate surface area is 165 Å². The van der Waals surface area contributed by atoms with E-state index in [4.69, 9.17) is 5.73 Å². The van der Waals surface area contributed by atoms with E-state index in [9.17, 15) is 4.79 Å². The molecule has 1 aromatic heterocycles. The molecule has 5 nitrogen and oxygen atoms in total. The standard InChI is InChI=1S/C23H24N4O/c24-23-25-13-10-21(26-23)19-6-8-20(9-7-19)22(28)27-14-11-18(12-15-27)16-17-4-2-1-3-5-17/h1-10,13,18H,11-12,14-16H2,(H2,24,25,26). The van der Waals surface area contributed by atoms with Crippen LogP contribution in [0.25, 0.3) is 11.3 Å². The van der Waals surface area contributed by atoms with E-state index in [-0.39, 0.29) is 11.9 Å². The van der Waals surface area contributed by atoms with Crippen molar-refractivity contribution in [1.29, 1.82) is 0 Å². The summed E-state index contributed by atoms with van der Waals surface area (Å²) >= 11 is 0. The van der Waals surface area contributed by atoms with E-state index < -0.39 is 0 Å². The van der Waals surface area contributed by atoms with Crippen LogP contribution in [-0.2, 0) is 6.42 Å². The number of benzene rings is 2. The van der Waals surface area contributed by atoms with Gasteiger partial charge in [0.15, 0.2) is 0 Å². The molecule has 1 amide bonds. The predicted octanol–water partition coefficient (Wildman–Crippen LogP) is 3.82. The highest BCUT2D eigenvalue weighted by atomic mass is 16.2. The van der Waals surface area contributed by atoms with Gasteiger partial charge in [-0.15, -0.1) is 0 Å². The first kappa shape index (κ1) is 18.2. The number of hydrogen-bond donors (Lipinski definition) is 1. The summed E-state index contributed by atoms with van der Waals surface area (Å²) in [5.74, 6) is 1.000. The third kappa shape index (κ3) is 4.19. The molecule has 0 spiro atoms. The zero-order valence-corrected chi connectivity index (χ0v) is 15.8. The summed E-state index contributed by atoms with van der Waals surface area (Å²) < 4.78 is 0. The minimum atomic E-state index is 0.104. The van der Waals surface area contributed by atoms with Gasteiger partial charge in [0.25, 0.3) is 5.91 Å². The van der Waals surface area contributed by atoms with E-state index in [0.29, 0.717) is 11.5 Å². The Morgan fingerprint density at radius 1 is 1.00 bits per heavy atom. The van der Waals surface area contributed by atoms with Crippen molar-refractivity contribution < 1.29 is 4.79 Å². The summed E-state index contributed by atoms with van der Waals surface area (Å²) in [6.07, 6.45) is 4.84. The van der Waals surface area contributed by atoms with Gasteiger partial charge in [0.1, 0.15) is 0 Å². The van der Waals surface area contributed by atoms with Crippen molar-refractivity contribution in [2.75, 3.05) is 18.8 Å². The van der Waals surface area contributed by atoms with Crippen LogP contribution in [0.4, 0.5) is 5.95 Å². The Morgan fingerprint density at radius 3 is 2.39 bits per heavy atom. The number of nitrogens with zero attached hydrogens (tertiary/aromatic N) is 3. The van der Waals surface area contributed by atoms with Crippen molar-refractivity contribution in [2.45, 2.75) is 19.3 Å². The van der Waals surface area contributed by atoms with Gasteiger partial charge in [-0.2, -0.15) is 0 Å². The second kappa shape index (κ2) is 8.21. The topological polar surface area (TPSA) is 72.1 Å². The number of carbonyl (C=O) groups excluding carboxylic acids is 1. The highest BCUT2D eigenvalue weighted by Gasteiger charge is 2.23. The SMILES string of the molecule is Nc1nccc(-c2ccc(C(=O)N3CCC(Cc4ccccc4)CC3)cc2)n1. The van der Waals surface area contributed by atoms with E-state index in [2.05, 4.69) is 40.3 Å². The molecule has 0 atom stereocenters. The molecule has 1 saturated heterocycles. The summed E-state index contributed by atoms with van der Waals surface area (Å²) in [6.45, 7) is 1.64. The van der Waals surface area contributed by atoms with Crippen molar-refractivity contribution in [3.05, 3.63) is 78.0 Å². The number of nitrogens with two attached hydrogens (primary N) is 1. The normalized spacial score (nSPS) is 14.8. The van der Waals surface area contributed by atoms with Crippen molar-refractivity contribution >= 4 is 11.9 Å². The lowest BCUT2D eigenvalue weighted by Gasteiger charge is -2.32. The molecule has 0 aliphatic carbocycles. The van der Waals surface area contributed by atoms with Crippen LogP contribution in [0.2, 0.25) is 0 Å². The lowest BCUT2D eigenvalue weighted by atomic mass is 9.90. The molecule has 142 valence electrons. The Morgan fingerprint density at radius 2 is 1.71 bits per heavy atom. The van der Waals surface area contributed by atoms with E-state index in [0.717, 1.165) is 43.6 Å². The summed E-state index contributed by atoms with van der Waals surface area (Å²) in [6, 6.07) is 20.0. The molecule has 1 fully saturated rings. The smallest absolute Gasteiger partial charge is 0.253 e. The van der Waals surface area contributed by atoms with E-state index >= 15 is 0 Å². The first-order valence-corrected chi connectivity index (χ1v) is 9.71. The number of hydrogen-bond acceptors (Lipinski definition) is 4. The summed E-state index contributed by atoms with van der Waals surface area (Å²) in [5.41, 5.74) is 9.43. The monoisotopic (exact) mass is 372 g/mol.